The van der Waals surface area contributed by atoms with E-state index in [-0.39, 0.29) is 11.7 Å². The maximum absolute atomic E-state index is 12.0. The van der Waals surface area contributed by atoms with Crippen LogP contribution in [0.15, 0.2) is 30.3 Å². The summed E-state index contributed by atoms with van der Waals surface area (Å²) < 4.78 is 2.12. The van der Waals surface area contributed by atoms with E-state index in [1.54, 1.807) is 0 Å². The normalized spacial score (nSPS) is 13.9. The Morgan fingerprint density at radius 2 is 2.05 bits per heavy atom. The molecule has 1 N–H and O–H groups in total. The number of benzene rings is 1. The van der Waals surface area contributed by atoms with Gasteiger partial charge >= 0.3 is 0 Å². The molecule has 1 heterocycles. The third-order valence-corrected chi connectivity index (χ3v) is 3.83. The predicted octanol–water partition coefficient (Wildman–Crippen LogP) is 3.26. The summed E-state index contributed by atoms with van der Waals surface area (Å²) in [6.45, 7) is 3.50. The average molecular weight is 282 g/mol. The van der Waals surface area contributed by atoms with Crippen LogP contribution in [0.1, 0.15) is 41.5 Å². The van der Waals surface area contributed by atoms with Crippen molar-refractivity contribution in [3.63, 3.8) is 0 Å². The molecule has 4 heteroatoms. The number of hydrogen-bond donors (Lipinski definition) is 1. The van der Waals surface area contributed by atoms with Crippen molar-refractivity contribution in [2.45, 2.75) is 33.1 Å². The molecule has 1 aliphatic rings. The molecule has 0 fully saturated rings. The predicted molar refractivity (Wildman–Crippen MR) is 82.1 cm³/mol. The first-order valence-corrected chi connectivity index (χ1v) is 7.18. The number of anilines is 1. The van der Waals surface area contributed by atoms with Crippen LogP contribution in [-0.4, -0.2) is 16.3 Å². The van der Waals surface area contributed by atoms with E-state index < -0.39 is 0 Å². The van der Waals surface area contributed by atoms with Gasteiger partial charge in [-0.1, -0.05) is 6.07 Å². The first-order valence-electron chi connectivity index (χ1n) is 7.18. The van der Waals surface area contributed by atoms with Gasteiger partial charge in [0.2, 0.25) is 5.91 Å². The van der Waals surface area contributed by atoms with E-state index in [2.05, 4.69) is 9.88 Å². The molecule has 0 unspecified atom stereocenters. The summed E-state index contributed by atoms with van der Waals surface area (Å²) >= 11 is 0. The number of amides is 1. The molecular weight excluding hydrogens is 264 g/mol. The number of aromatic nitrogens is 1. The van der Waals surface area contributed by atoms with E-state index in [1.165, 1.54) is 6.92 Å². The van der Waals surface area contributed by atoms with Gasteiger partial charge in [-0.3, -0.25) is 9.59 Å². The topological polar surface area (TPSA) is 51.1 Å². The van der Waals surface area contributed by atoms with Gasteiger partial charge in [-0.2, -0.15) is 0 Å². The third-order valence-electron chi connectivity index (χ3n) is 3.83. The molecule has 4 nitrogen and oxygen atoms in total. The molecule has 3 rings (SSSR count). The van der Waals surface area contributed by atoms with Crippen molar-refractivity contribution in [3.05, 3.63) is 47.3 Å². The molecule has 1 aliphatic carbocycles. The number of nitrogens with zero attached hydrogens (tertiary/aromatic N) is 1. The van der Waals surface area contributed by atoms with Gasteiger partial charge in [-0.25, -0.2) is 0 Å². The second-order valence-electron chi connectivity index (χ2n) is 5.49. The minimum atomic E-state index is -0.0893. The largest absolute Gasteiger partial charge is 0.326 e. The summed E-state index contributed by atoms with van der Waals surface area (Å²) in [5, 5.41) is 2.80. The smallest absolute Gasteiger partial charge is 0.221 e. The minimum Gasteiger partial charge on any atom is -0.326 e. The highest BCUT2D eigenvalue weighted by Crippen LogP contribution is 2.28. The molecule has 0 aliphatic heterocycles. The lowest BCUT2D eigenvalue weighted by Crippen LogP contribution is -2.13. The van der Waals surface area contributed by atoms with Crippen LogP contribution in [0, 0.1) is 6.92 Å². The summed E-state index contributed by atoms with van der Waals surface area (Å²) in [7, 11) is 0. The maximum Gasteiger partial charge on any atom is 0.221 e. The van der Waals surface area contributed by atoms with E-state index in [0.717, 1.165) is 41.2 Å². The van der Waals surface area contributed by atoms with E-state index >= 15 is 0 Å². The number of carbonyl (C=O) groups is 2. The summed E-state index contributed by atoms with van der Waals surface area (Å²) in [4.78, 5) is 23.2. The SMILES string of the molecule is CC(=O)Nc1cccc(-n2c(C)cc3c2CCCC3=O)c1. The van der Waals surface area contributed by atoms with E-state index in [0.29, 0.717) is 6.42 Å². The van der Waals surface area contributed by atoms with Gasteiger partial charge in [0.25, 0.3) is 0 Å². The molecule has 0 saturated heterocycles. The summed E-state index contributed by atoms with van der Waals surface area (Å²) in [5.41, 5.74) is 4.74. The lowest BCUT2D eigenvalue weighted by molar-refractivity contribution is -0.114. The Labute approximate surface area is 123 Å². The van der Waals surface area contributed by atoms with Gasteiger partial charge in [-0.05, 0) is 44.0 Å². The number of fused-ring (bicyclic) bond motifs is 1. The number of carbonyl (C=O) groups excluding carboxylic acids is 2. The number of ketones is 1. The zero-order valence-corrected chi connectivity index (χ0v) is 12.3. The highest BCUT2D eigenvalue weighted by Gasteiger charge is 2.23. The van der Waals surface area contributed by atoms with Crippen molar-refractivity contribution >= 4 is 17.4 Å². The highest BCUT2D eigenvalue weighted by molar-refractivity contribution is 5.98. The molecule has 0 atom stereocenters. The monoisotopic (exact) mass is 282 g/mol. The van der Waals surface area contributed by atoms with Gasteiger partial charge < -0.3 is 9.88 Å². The Bertz CT molecular complexity index is 728. The first-order chi connectivity index (χ1) is 10.1. The number of rotatable bonds is 2. The molecule has 21 heavy (non-hydrogen) atoms. The Balaban J connectivity index is 2.09. The Morgan fingerprint density at radius 1 is 1.24 bits per heavy atom. The standard InChI is InChI=1S/C17H18N2O2/c1-11-9-15-16(7-4-8-17(15)21)19(11)14-6-3-5-13(10-14)18-12(2)20/h3,5-6,9-10H,4,7-8H2,1-2H3,(H,18,20). The maximum atomic E-state index is 12.0. The quantitative estimate of drug-likeness (QED) is 0.919. The van der Waals surface area contributed by atoms with Gasteiger partial charge in [0.15, 0.2) is 5.78 Å². The van der Waals surface area contributed by atoms with Gasteiger partial charge in [-0.15, -0.1) is 0 Å². The number of nitrogens with one attached hydrogen (secondary N) is 1. The first kappa shape index (κ1) is 13.6. The molecule has 0 radical (unpaired) electrons. The van der Waals surface area contributed by atoms with Crippen molar-refractivity contribution in [3.8, 4) is 5.69 Å². The van der Waals surface area contributed by atoms with Crippen LogP contribution in [-0.2, 0) is 11.2 Å². The van der Waals surface area contributed by atoms with Crippen LogP contribution >= 0.6 is 0 Å². The van der Waals surface area contributed by atoms with Crippen LogP contribution in [0.3, 0.4) is 0 Å². The fraction of sp³-hybridized carbons (Fsp3) is 0.294. The van der Waals surface area contributed by atoms with Crippen LogP contribution in [0.2, 0.25) is 0 Å². The zero-order valence-electron chi connectivity index (χ0n) is 12.3. The summed E-state index contributed by atoms with van der Waals surface area (Å²) in [6, 6.07) is 9.69. The fourth-order valence-electron chi connectivity index (χ4n) is 3.01. The Kier molecular flexibility index (Phi) is 3.37. The Morgan fingerprint density at radius 3 is 2.81 bits per heavy atom. The fourth-order valence-corrected chi connectivity index (χ4v) is 3.01. The third kappa shape index (κ3) is 2.49. The lowest BCUT2D eigenvalue weighted by atomic mass is 9.96. The lowest BCUT2D eigenvalue weighted by Gasteiger charge is -2.16. The van der Waals surface area contributed by atoms with E-state index in [1.807, 2.05) is 37.3 Å². The van der Waals surface area contributed by atoms with Crippen LogP contribution in [0.5, 0.6) is 0 Å². The van der Waals surface area contributed by atoms with Gasteiger partial charge in [0, 0.05) is 41.7 Å². The second-order valence-corrected chi connectivity index (χ2v) is 5.49. The Hall–Kier alpha value is -2.36. The molecule has 2 aromatic rings. The van der Waals surface area contributed by atoms with Crippen molar-refractivity contribution in [2.75, 3.05) is 5.32 Å². The van der Waals surface area contributed by atoms with Crippen LogP contribution < -0.4 is 5.32 Å². The average Bonchev–Trinajstić information content (AvgIpc) is 2.76. The molecule has 108 valence electrons. The molecule has 1 aromatic carbocycles. The minimum absolute atomic E-state index is 0.0893. The summed E-state index contributed by atoms with van der Waals surface area (Å²) in [6.07, 6.45) is 2.46. The van der Waals surface area contributed by atoms with Crippen molar-refractivity contribution in [1.82, 2.24) is 4.57 Å². The number of aryl methyl sites for hydroxylation is 1. The van der Waals surface area contributed by atoms with Crippen molar-refractivity contribution < 1.29 is 9.59 Å². The molecular formula is C17H18N2O2. The molecule has 1 aromatic heterocycles. The zero-order chi connectivity index (χ0) is 15.0. The van der Waals surface area contributed by atoms with E-state index in [4.69, 9.17) is 0 Å². The molecule has 0 spiro atoms. The number of Topliss-reactive ketones (excluding diaryl/α,β-unsaturated/α-hetero) is 1. The highest BCUT2D eigenvalue weighted by atomic mass is 16.1. The van der Waals surface area contributed by atoms with Crippen LogP contribution in [0.4, 0.5) is 5.69 Å². The van der Waals surface area contributed by atoms with Gasteiger partial charge in [0.05, 0.1) is 0 Å². The van der Waals surface area contributed by atoms with Gasteiger partial charge in [0.1, 0.15) is 0 Å². The molecule has 0 saturated carbocycles. The van der Waals surface area contributed by atoms with Crippen molar-refractivity contribution in [2.24, 2.45) is 0 Å². The second kappa shape index (κ2) is 5.20. The number of hydrogen-bond acceptors (Lipinski definition) is 2. The summed E-state index contributed by atoms with van der Waals surface area (Å²) in [5.74, 6) is 0.143. The molecule has 1 amide bonds. The van der Waals surface area contributed by atoms with E-state index in [9.17, 15) is 9.59 Å². The molecule has 0 bridgehead atoms. The van der Waals surface area contributed by atoms with Crippen LogP contribution in [0.25, 0.3) is 5.69 Å². The van der Waals surface area contributed by atoms with Crippen molar-refractivity contribution in [1.29, 1.82) is 0 Å².